The second-order valence-electron chi connectivity index (χ2n) is 9.31. The van der Waals surface area contributed by atoms with Crippen molar-refractivity contribution in [3.63, 3.8) is 0 Å². The number of amides is 1. The number of nitrogens with zero attached hydrogens (tertiary/aromatic N) is 3. The maximum Gasteiger partial charge on any atom is 0.310 e. The molecule has 0 aliphatic carbocycles. The number of carbonyl (C=O) groups excluding carboxylic acids is 2. The highest BCUT2D eigenvalue weighted by atomic mass is 16.5. The molecule has 8 heteroatoms. The standard InChI is InChI=1S/C28H35N3O5/c1-5-36-28(33)21-7-6-14-30(17-21)18-27(32)31-25(23-13-12-22(34-3)15-26(23)35-4)16-24(29-31)20-10-8-19(2)9-11-20/h8-13,15,21,25H,5-7,14,16-18H2,1-4H3/t21-,25-/m0/s1. The van der Waals surface area contributed by atoms with Crippen LogP contribution in [0.5, 0.6) is 11.5 Å². The minimum absolute atomic E-state index is 0.107. The molecule has 0 bridgehead atoms. The molecule has 1 fully saturated rings. The summed E-state index contributed by atoms with van der Waals surface area (Å²) in [6.07, 6.45) is 2.21. The van der Waals surface area contributed by atoms with Crippen LogP contribution in [0.3, 0.4) is 0 Å². The predicted octanol–water partition coefficient (Wildman–Crippen LogP) is 3.97. The number of likely N-dealkylation sites (tertiary alicyclic amines) is 1. The van der Waals surface area contributed by atoms with E-state index in [0.717, 1.165) is 36.2 Å². The number of rotatable bonds is 8. The number of aryl methyl sites for hydroxylation is 1. The quantitative estimate of drug-likeness (QED) is 0.518. The first-order chi connectivity index (χ1) is 17.4. The third kappa shape index (κ3) is 5.70. The van der Waals surface area contributed by atoms with Crippen molar-refractivity contribution in [2.75, 3.05) is 40.5 Å². The summed E-state index contributed by atoms with van der Waals surface area (Å²) >= 11 is 0. The molecule has 2 aliphatic rings. The highest BCUT2D eigenvalue weighted by molar-refractivity contribution is 6.03. The van der Waals surface area contributed by atoms with Gasteiger partial charge in [-0.15, -0.1) is 0 Å². The van der Waals surface area contributed by atoms with Crippen LogP contribution >= 0.6 is 0 Å². The number of esters is 1. The lowest BCUT2D eigenvalue weighted by molar-refractivity contribution is -0.150. The Labute approximate surface area is 212 Å². The van der Waals surface area contributed by atoms with Crippen LogP contribution in [0, 0.1) is 12.8 Å². The number of hydrogen-bond donors (Lipinski definition) is 0. The Morgan fingerprint density at radius 1 is 1.08 bits per heavy atom. The maximum atomic E-state index is 13.6. The molecule has 192 valence electrons. The molecule has 1 amide bonds. The van der Waals surface area contributed by atoms with Gasteiger partial charge in [-0.2, -0.15) is 5.10 Å². The van der Waals surface area contributed by atoms with E-state index in [9.17, 15) is 9.59 Å². The number of benzene rings is 2. The van der Waals surface area contributed by atoms with E-state index in [2.05, 4.69) is 12.1 Å². The Morgan fingerprint density at radius 3 is 2.56 bits per heavy atom. The fourth-order valence-corrected chi connectivity index (χ4v) is 4.91. The van der Waals surface area contributed by atoms with Crippen molar-refractivity contribution in [3.05, 3.63) is 59.2 Å². The molecule has 0 saturated carbocycles. The second kappa shape index (κ2) is 11.6. The van der Waals surface area contributed by atoms with Crippen molar-refractivity contribution in [3.8, 4) is 11.5 Å². The fourth-order valence-electron chi connectivity index (χ4n) is 4.91. The largest absolute Gasteiger partial charge is 0.497 e. The summed E-state index contributed by atoms with van der Waals surface area (Å²) in [7, 11) is 3.23. The predicted molar refractivity (Wildman–Crippen MR) is 137 cm³/mol. The molecule has 2 heterocycles. The van der Waals surface area contributed by atoms with Gasteiger partial charge in [0, 0.05) is 24.6 Å². The summed E-state index contributed by atoms with van der Waals surface area (Å²) in [6.45, 7) is 5.69. The van der Waals surface area contributed by atoms with Crippen LogP contribution in [-0.4, -0.2) is 68.0 Å². The lowest BCUT2D eigenvalue weighted by atomic mass is 9.96. The van der Waals surface area contributed by atoms with Crippen LogP contribution in [0.1, 0.15) is 48.9 Å². The van der Waals surface area contributed by atoms with Crippen molar-refractivity contribution in [2.45, 2.75) is 39.2 Å². The van der Waals surface area contributed by atoms with E-state index in [4.69, 9.17) is 19.3 Å². The smallest absolute Gasteiger partial charge is 0.310 e. The molecule has 0 aromatic heterocycles. The number of ether oxygens (including phenoxy) is 3. The number of methoxy groups -OCH3 is 2. The van der Waals surface area contributed by atoms with Crippen LogP contribution in [0.2, 0.25) is 0 Å². The van der Waals surface area contributed by atoms with Gasteiger partial charge < -0.3 is 14.2 Å². The normalized spacial score (nSPS) is 20.1. The van der Waals surface area contributed by atoms with Crippen molar-refractivity contribution < 1.29 is 23.8 Å². The molecule has 0 spiro atoms. The van der Waals surface area contributed by atoms with Crippen LogP contribution < -0.4 is 9.47 Å². The molecule has 2 aromatic carbocycles. The number of hydrogen-bond acceptors (Lipinski definition) is 7. The number of carbonyl (C=O) groups is 2. The zero-order valence-corrected chi connectivity index (χ0v) is 21.5. The first kappa shape index (κ1) is 25.7. The molecular weight excluding hydrogens is 458 g/mol. The molecule has 1 saturated heterocycles. The van der Waals surface area contributed by atoms with E-state index in [1.54, 1.807) is 19.2 Å². The monoisotopic (exact) mass is 493 g/mol. The van der Waals surface area contributed by atoms with Gasteiger partial charge in [0.25, 0.3) is 5.91 Å². The summed E-state index contributed by atoms with van der Waals surface area (Å²) in [5.41, 5.74) is 3.89. The molecular formula is C28H35N3O5. The van der Waals surface area contributed by atoms with Gasteiger partial charge >= 0.3 is 5.97 Å². The van der Waals surface area contributed by atoms with Gasteiger partial charge in [0.1, 0.15) is 11.5 Å². The molecule has 2 aromatic rings. The van der Waals surface area contributed by atoms with E-state index in [0.29, 0.717) is 31.1 Å². The van der Waals surface area contributed by atoms with Crippen LogP contribution in [0.25, 0.3) is 0 Å². The van der Waals surface area contributed by atoms with E-state index in [1.165, 1.54) is 5.56 Å². The van der Waals surface area contributed by atoms with Gasteiger partial charge in [0.05, 0.1) is 45.0 Å². The van der Waals surface area contributed by atoms with Crippen LogP contribution in [0.4, 0.5) is 0 Å². The first-order valence-electron chi connectivity index (χ1n) is 12.5. The third-order valence-electron chi connectivity index (χ3n) is 6.83. The molecule has 8 nitrogen and oxygen atoms in total. The summed E-state index contributed by atoms with van der Waals surface area (Å²) in [4.78, 5) is 28.0. The van der Waals surface area contributed by atoms with E-state index in [-0.39, 0.29) is 30.4 Å². The molecule has 0 radical (unpaired) electrons. The van der Waals surface area contributed by atoms with E-state index < -0.39 is 0 Å². The van der Waals surface area contributed by atoms with Crippen molar-refractivity contribution in [1.82, 2.24) is 9.91 Å². The van der Waals surface area contributed by atoms with Crippen LogP contribution in [0.15, 0.2) is 47.6 Å². The topological polar surface area (TPSA) is 80.7 Å². The fraction of sp³-hybridized carbons (Fsp3) is 0.464. The second-order valence-corrected chi connectivity index (χ2v) is 9.31. The Balaban J connectivity index is 1.59. The molecule has 0 N–H and O–H groups in total. The Bertz CT molecular complexity index is 1110. The number of piperidine rings is 1. The highest BCUT2D eigenvalue weighted by Crippen LogP contribution is 2.39. The minimum atomic E-state index is -0.305. The van der Waals surface area contributed by atoms with Gasteiger partial charge in [0.15, 0.2) is 0 Å². The SMILES string of the molecule is CCOC(=O)[C@H]1CCCN(CC(=O)N2N=C(c3ccc(C)cc3)C[C@H]2c2ccc(OC)cc2OC)C1. The summed E-state index contributed by atoms with van der Waals surface area (Å²) in [5, 5.41) is 6.40. The number of hydrazone groups is 1. The lowest BCUT2D eigenvalue weighted by Gasteiger charge is -2.32. The maximum absolute atomic E-state index is 13.6. The molecule has 2 atom stereocenters. The van der Waals surface area contributed by atoms with Gasteiger partial charge in [-0.1, -0.05) is 29.8 Å². The summed E-state index contributed by atoms with van der Waals surface area (Å²) in [5.74, 6) is 0.845. The van der Waals surface area contributed by atoms with Crippen molar-refractivity contribution in [1.29, 1.82) is 0 Å². The molecule has 36 heavy (non-hydrogen) atoms. The van der Waals surface area contributed by atoms with Gasteiger partial charge in [-0.05, 0) is 50.9 Å². The summed E-state index contributed by atoms with van der Waals surface area (Å²) < 4.78 is 16.2. The Hall–Kier alpha value is -3.39. The van der Waals surface area contributed by atoms with E-state index >= 15 is 0 Å². The van der Waals surface area contributed by atoms with Gasteiger partial charge in [-0.25, -0.2) is 5.01 Å². The Morgan fingerprint density at radius 2 is 1.86 bits per heavy atom. The minimum Gasteiger partial charge on any atom is -0.497 e. The van der Waals surface area contributed by atoms with Gasteiger partial charge in [-0.3, -0.25) is 14.5 Å². The summed E-state index contributed by atoms with van der Waals surface area (Å²) in [6, 6.07) is 13.5. The molecule has 0 unspecified atom stereocenters. The zero-order valence-electron chi connectivity index (χ0n) is 21.5. The van der Waals surface area contributed by atoms with Gasteiger partial charge in [0.2, 0.25) is 0 Å². The molecule has 2 aliphatic heterocycles. The molecule has 4 rings (SSSR count). The first-order valence-corrected chi connectivity index (χ1v) is 12.5. The lowest BCUT2D eigenvalue weighted by Crippen LogP contribution is -2.44. The average Bonchev–Trinajstić information content (AvgIpc) is 3.34. The van der Waals surface area contributed by atoms with E-state index in [1.807, 2.05) is 49.1 Å². The van der Waals surface area contributed by atoms with Crippen molar-refractivity contribution >= 4 is 17.6 Å². The third-order valence-corrected chi connectivity index (χ3v) is 6.83. The average molecular weight is 494 g/mol. The highest BCUT2D eigenvalue weighted by Gasteiger charge is 2.36. The van der Waals surface area contributed by atoms with Crippen molar-refractivity contribution in [2.24, 2.45) is 11.0 Å². The van der Waals surface area contributed by atoms with Crippen LogP contribution in [-0.2, 0) is 14.3 Å². The Kier molecular flexibility index (Phi) is 8.25. The zero-order chi connectivity index (χ0) is 25.7.